The summed E-state index contributed by atoms with van der Waals surface area (Å²) in [5.74, 6) is -0.451. The first-order valence-corrected chi connectivity index (χ1v) is 8.65. The second kappa shape index (κ2) is 10.4. The maximum absolute atomic E-state index is 12.1. The predicted octanol–water partition coefficient (Wildman–Crippen LogP) is 1.91. The van der Waals surface area contributed by atoms with Crippen molar-refractivity contribution < 1.29 is 23.9 Å². The standard InChI is InChI=1S/C19H28N2O5/c1-12(2)10-16(19(24)25-5)21-17(22)11-20-18(23)14-6-8-15(9-7-14)26-13(3)4/h6-9,12-13,16H,10-11H2,1-5H3,(H,20,23)(H,21,22)/t16-/m1/s1. The molecule has 144 valence electrons. The van der Waals surface area contributed by atoms with Gasteiger partial charge in [0.1, 0.15) is 11.8 Å². The molecular weight excluding hydrogens is 336 g/mol. The summed E-state index contributed by atoms with van der Waals surface area (Å²) >= 11 is 0. The molecule has 0 aliphatic rings. The molecule has 0 heterocycles. The molecule has 0 saturated carbocycles. The number of carbonyl (C=O) groups excluding carboxylic acids is 3. The number of hydrogen-bond donors (Lipinski definition) is 2. The minimum absolute atomic E-state index is 0.0481. The van der Waals surface area contributed by atoms with Crippen molar-refractivity contribution in [1.29, 1.82) is 0 Å². The lowest BCUT2D eigenvalue weighted by molar-refractivity contribution is -0.145. The van der Waals surface area contributed by atoms with Gasteiger partial charge >= 0.3 is 5.97 Å². The Balaban J connectivity index is 2.54. The van der Waals surface area contributed by atoms with Crippen LogP contribution in [0.3, 0.4) is 0 Å². The van der Waals surface area contributed by atoms with Gasteiger partial charge in [-0.15, -0.1) is 0 Å². The van der Waals surface area contributed by atoms with E-state index in [0.29, 0.717) is 17.7 Å². The summed E-state index contributed by atoms with van der Waals surface area (Å²) in [6, 6.07) is 5.93. The summed E-state index contributed by atoms with van der Waals surface area (Å²) in [4.78, 5) is 35.8. The van der Waals surface area contributed by atoms with Crippen LogP contribution in [0, 0.1) is 5.92 Å². The summed E-state index contributed by atoms with van der Waals surface area (Å²) < 4.78 is 10.2. The van der Waals surface area contributed by atoms with Crippen molar-refractivity contribution in [3.63, 3.8) is 0 Å². The molecule has 1 aromatic carbocycles. The minimum atomic E-state index is -0.725. The first-order valence-electron chi connectivity index (χ1n) is 8.65. The van der Waals surface area contributed by atoms with Crippen LogP contribution in [-0.2, 0) is 14.3 Å². The summed E-state index contributed by atoms with van der Waals surface area (Å²) in [6.45, 7) is 7.49. The Hall–Kier alpha value is -2.57. The van der Waals surface area contributed by atoms with Gasteiger partial charge in [0, 0.05) is 5.56 Å². The number of nitrogens with one attached hydrogen (secondary N) is 2. The minimum Gasteiger partial charge on any atom is -0.491 e. The van der Waals surface area contributed by atoms with E-state index in [-0.39, 0.29) is 24.5 Å². The van der Waals surface area contributed by atoms with E-state index in [4.69, 9.17) is 9.47 Å². The fourth-order valence-electron chi connectivity index (χ4n) is 2.29. The lowest BCUT2D eigenvalue weighted by atomic mass is 10.0. The molecule has 1 atom stereocenters. The highest BCUT2D eigenvalue weighted by Gasteiger charge is 2.22. The highest BCUT2D eigenvalue weighted by atomic mass is 16.5. The summed E-state index contributed by atoms with van der Waals surface area (Å²) in [7, 11) is 1.27. The summed E-state index contributed by atoms with van der Waals surface area (Å²) in [5, 5.41) is 5.12. The van der Waals surface area contributed by atoms with Crippen molar-refractivity contribution in [3.8, 4) is 5.75 Å². The quantitative estimate of drug-likeness (QED) is 0.653. The Bertz CT molecular complexity index is 611. The molecule has 2 amide bonds. The van der Waals surface area contributed by atoms with E-state index in [1.165, 1.54) is 7.11 Å². The number of ether oxygens (including phenoxy) is 2. The molecule has 0 saturated heterocycles. The Morgan fingerprint density at radius 3 is 2.15 bits per heavy atom. The number of amides is 2. The van der Waals surface area contributed by atoms with E-state index in [1.54, 1.807) is 24.3 Å². The molecule has 7 nitrogen and oxygen atoms in total. The second-order valence-corrected chi connectivity index (χ2v) is 6.65. The normalized spacial score (nSPS) is 11.8. The van der Waals surface area contributed by atoms with E-state index in [1.807, 2.05) is 27.7 Å². The number of hydrogen-bond acceptors (Lipinski definition) is 5. The largest absolute Gasteiger partial charge is 0.491 e. The van der Waals surface area contributed by atoms with Gasteiger partial charge in [-0.25, -0.2) is 4.79 Å². The van der Waals surface area contributed by atoms with Crippen LogP contribution in [0.2, 0.25) is 0 Å². The van der Waals surface area contributed by atoms with Crippen LogP contribution in [0.4, 0.5) is 0 Å². The van der Waals surface area contributed by atoms with E-state index >= 15 is 0 Å². The number of benzene rings is 1. The number of methoxy groups -OCH3 is 1. The lowest BCUT2D eigenvalue weighted by Crippen LogP contribution is -2.46. The molecule has 2 N–H and O–H groups in total. The van der Waals surface area contributed by atoms with Crippen molar-refractivity contribution in [2.45, 2.75) is 46.3 Å². The topological polar surface area (TPSA) is 93.7 Å². The average molecular weight is 364 g/mol. The third kappa shape index (κ3) is 7.55. The van der Waals surface area contributed by atoms with E-state index in [9.17, 15) is 14.4 Å². The lowest BCUT2D eigenvalue weighted by Gasteiger charge is -2.18. The Kier molecular flexibility index (Phi) is 8.61. The van der Waals surface area contributed by atoms with Crippen LogP contribution in [0.5, 0.6) is 5.75 Å². The maximum Gasteiger partial charge on any atom is 0.328 e. The SMILES string of the molecule is COC(=O)[C@@H](CC(C)C)NC(=O)CNC(=O)c1ccc(OC(C)C)cc1. The Morgan fingerprint density at radius 2 is 1.65 bits per heavy atom. The monoisotopic (exact) mass is 364 g/mol. The van der Waals surface area contributed by atoms with Gasteiger partial charge in [-0.3, -0.25) is 9.59 Å². The van der Waals surface area contributed by atoms with Crippen molar-refractivity contribution in [2.24, 2.45) is 5.92 Å². The molecular formula is C19H28N2O5. The molecule has 1 aromatic rings. The average Bonchev–Trinajstić information content (AvgIpc) is 2.58. The van der Waals surface area contributed by atoms with Gasteiger partial charge in [0.25, 0.3) is 5.91 Å². The molecule has 0 aliphatic heterocycles. The third-order valence-corrected chi connectivity index (χ3v) is 3.43. The van der Waals surface area contributed by atoms with E-state index in [0.717, 1.165) is 0 Å². The molecule has 26 heavy (non-hydrogen) atoms. The van der Waals surface area contributed by atoms with Crippen LogP contribution in [-0.4, -0.2) is 43.6 Å². The molecule has 0 fully saturated rings. The first-order chi connectivity index (χ1) is 12.2. The fourth-order valence-corrected chi connectivity index (χ4v) is 2.29. The van der Waals surface area contributed by atoms with Gasteiger partial charge in [0.15, 0.2) is 0 Å². The summed E-state index contributed by atoms with van der Waals surface area (Å²) in [5.41, 5.74) is 0.417. The van der Waals surface area contributed by atoms with Crippen molar-refractivity contribution in [1.82, 2.24) is 10.6 Å². The van der Waals surface area contributed by atoms with Gasteiger partial charge in [-0.05, 0) is 50.5 Å². The van der Waals surface area contributed by atoms with Gasteiger partial charge in [-0.2, -0.15) is 0 Å². The zero-order valence-corrected chi connectivity index (χ0v) is 16.0. The fraction of sp³-hybridized carbons (Fsp3) is 0.526. The zero-order valence-electron chi connectivity index (χ0n) is 16.0. The van der Waals surface area contributed by atoms with Gasteiger partial charge in [0.05, 0.1) is 19.8 Å². The Morgan fingerprint density at radius 1 is 1.04 bits per heavy atom. The Labute approximate surface area is 154 Å². The highest BCUT2D eigenvalue weighted by molar-refractivity contribution is 5.97. The zero-order chi connectivity index (χ0) is 19.7. The van der Waals surface area contributed by atoms with Crippen molar-refractivity contribution >= 4 is 17.8 Å². The molecule has 0 unspecified atom stereocenters. The smallest absolute Gasteiger partial charge is 0.328 e. The molecule has 0 radical (unpaired) electrons. The molecule has 7 heteroatoms. The molecule has 0 aromatic heterocycles. The summed E-state index contributed by atoms with van der Waals surface area (Å²) in [6.07, 6.45) is 0.510. The molecule has 0 bridgehead atoms. The molecule has 1 rings (SSSR count). The van der Waals surface area contributed by atoms with Crippen molar-refractivity contribution in [3.05, 3.63) is 29.8 Å². The van der Waals surface area contributed by atoms with Gasteiger partial charge < -0.3 is 20.1 Å². The predicted molar refractivity (Wildman–Crippen MR) is 97.9 cm³/mol. The van der Waals surface area contributed by atoms with Crippen LogP contribution in [0.15, 0.2) is 24.3 Å². The molecule has 0 spiro atoms. The van der Waals surface area contributed by atoms with Crippen LogP contribution >= 0.6 is 0 Å². The second-order valence-electron chi connectivity index (χ2n) is 6.65. The van der Waals surface area contributed by atoms with E-state index < -0.39 is 17.9 Å². The maximum atomic E-state index is 12.1. The number of carbonyl (C=O) groups is 3. The third-order valence-electron chi connectivity index (χ3n) is 3.43. The van der Waals surface area contributed by atoms with Crippen molar-refractivity contribution in [2.75, 3.05) is 13.7 Å². The van der Waals surface area contributed by atoms with Crippen LogP contribution in [0.1, 0.15) is 44.5 Å². The van der Waals surface area contributed by atoms with Gasteiger partial charge in [-0.1, -0.05) is 13.8 Å². The number of esters is 1. The number of rotatable bonds is 9. The van der Waals surface area contributed by atoms with E-state index in [2.05, 4.69) is 10.6 Å². The first kappa shape index (κ1) is 21.5. The van der Waals surface area contributed by atoms with Crippen LogP contribution < -0.4 is 15.4 Å². The highest BCUT2D eigenvalue weighted by Crippen LogP contribution is 2.13. The van der Waals surface area contributed by atoms with Crippen LogP contribution in [0.25, 0.3) is 0 Å². The molecule has 0 aliphatic carbocycles. The van der Waals surface area contributed by atoms with Gasteiger partial charge in [0.2, 0.25) is 5.91 Å².